The van der Waals surface area contributed by atoms with E-state index in [4.69, 9.17) is 16.3 Å². The van der Waals surface area contributed by atoms with E-state index in [0.29, 0.717) is 34.5 Å². The van der Waals surface area contributed by atoms with E-state index in [2.05, 4.69) is 20.4 Å². The van der Waals surface area contributed by atoms with E-state index in [-0.39, 0.29) is 5.91 Å². The maximum absolute atomic E-state index is 13.2. The normalized spacial score (nSPS) is 10.6. The number of rotatable bonds is 6. The molecule has 0 amide bonds. The van der Waals surface area contributed by atoms with Crippen LogP contribution in [0, 0.1) is 0 Å². The van der Waals surface area contributed by atoms with Crippen LogP contribution in [-0.4, -0.2) is 32.8 Å². The predicted octanol–water partition coefficient (Wildman–Crippen LogP) is 4.30. The molecule has 0 unspecified atom stereocenters. The quantitative estimate of drug-likeness (QED) is 0.501. The summed E-state index contributed by atoms with van der Waals surface area (Å²) in [7, 11) is 1.61. The van der Waals surface area contributed by atoms with Gasteiger partial charge in [0.05, 0.1) is 17.7 Å². The Morgan fingerprint density at radius 1 is 1.10 bits per heavy atom. The van der Waals surface area contributed by atoms with Gasteiger partial charge in [0.25, 0.3) is 5.91 Å². The highest BCUT2D eigenvalue weighted by Crippen LogP contribution is 2.23. The lowest BCUT2D eigenvalue weighted by Gasteiger charge is -2.10. The average molecular weight is 420 g/mol. The van der Waals surface area contributed by atoms with Crippen LogP contribution in [0.3, 0.4) is 0 Å². The second-order valence-corrected chi connectivity index (χ2v) is 6.77. The number of hydrogen-bond donors (Lipinski definition) is 1. The fraction of sp³-hybridized carbons (Fsp3) is 0.0909. The van der Waals surface area contributed by atoms with E-state index in [9.17, 15) is 4.79 Å². The number of methoxy groups -OCH3 is 1. The van der Waals surface area contributed by atoms with Crippen molar-refractivity contribution in [2.75, 3.05) is 12.4 Å². The fourth-order valence-electron chi connectivity index (χ4n) is 2.96. The average Bonchev–Trinajstić information content (AvgIpc) is 3.22. The van der Waals surface area contributed by atoms with Gasteiger partial charge < -0.3 is 10.1 Å². The van der Waals surface area contributed by atoms with Crippen LogP contribution in [0.5, 0.6) is 5.75 Å². The highest BCUT2D eigenvalue weighted by atomic mass is 35.5. The van der Waals surface area contributed by atoms with Crippen molar-refractivity contribution in [3.8, 4) is 17.1 Å². The summed E-state index contributed by atoms with van der Waals surface area (Å²) in [6.07, 6.45) is 3.31. The monoisotopic (exact) mass is 419 g/mol. The molecule has 4 rings (SSSR count). The summed E-state index contributed by atoms with van der Waals surface area (Å²) < 4.78 is 6.62. The number of ether oxygens (including phenoxy) is 1. The molecule has 0 saturated carbocycles. The van der Waals surface area contributed by atoms with E-state index in [1.165, 1.54) is 4.68 Å². The first-order valence-corrected chi connectivity index (χ1v) is 9.57. The Hall–Kier alpha value is -3.71. The molecule has 0 bridgehead atoms. The Kier molecular flexibility index (Phi) is 5.72. The van der Waals surface area contributed by atoms with E-state index in [0.717, 1.165) is 11.3 Å². The molecule has 0 aliphatic carbocycles. The first-order valence-electron chi connectivity index (χ1n) is 9.20. The van der Waals surface area contributed by atoms with Gasteiger partial charge in [0.1, 0.15) is 5.75 Å². The third-order valence-corrected chi connectivity index (χ3v) is 4.78. The Morgan fingerprint density at radius 2 is 1.90 bits per heavy atom. The van der Waals surface area contributed by atoms with Crippen LogP contribution >= 0.6 is 11.6 Å². The number of halogens is 1. The minimum Gasteiger partial charge on any atom is -0.496 e. The van der Waals surface area contributed by atoms with Crippen LogP contribution < -0.4 is 10.1 Å². The zero-order valence-corrected chi connectivity index (χ0v) is 16.9. The number of carbonyl (C=O) groups is 1. The number of pyridine rings is 1. The molecule has 2 heterocycles. The highest BCUT2D eigenvalue weighted by molar-refractivity contribution is 6.33. The molecule has 2 aromatic heterocycles. The molecule has 0 spiro atoms. The van der Waals surface area contributed by atoms with Crippen LogP contribution in [0.15, 0.2) is 73.1 Å². The molecule has 0 aliphatic rings. The number of nitrogens with zero attached hydrogens (tertiary/aromatic N) is 4. The summed E-state index contributed by atoms with van der Waals surface area (Å²) in [5.41, 5.74) is 1.95. The van der Waals surface area contributed by atoms with E-state index < -0.39 is 0 Å². The SMILES string of the molecule is COc1ccccc1CNc1nc(-c2cccnc2)nn1C(=O)c1ccccc1Cl. The van der Waals surface area contributed by atoms with Crippen molar-refractivity contribution in [2.45, 2.75) is 6.54 Å². The molecular weight excluding hydrogens is 402 g/mol. The number of hydrogen-bond acceptors (Lipinski definition) is 6. The molecule has 0 saturated heterocycles. The van der Waals surface area contributed by atoms with Crippen molar-refractivity contribution in [2.24, 2.45) is 0 Å². The Morgan fingerprint density at radius 3 is 2.67 bits per heavy atom. The largest absolute Gasteiger partial charge is 0.496 e. The summed E-state index contributed by atoms with van der Waals surface area (Å²) in [5, 5.41) is 7.95. The molecule has 4 aromatic rings. The first kappa shape index (κ1) is 19.6. The lowest BCUT2D eigenvalue weighted by atomic mass is 10.2. The van der Waals surface area contributed by atoms with Crippen molar-refractivity contribution in [1.82, 2.24) is 19.7 Å². The molecule has 8 heteroatoms. The summed E-state index contributed by atoms with van der Waals surface area (Å²) in [6.45, 7) is 0.394. The molecule has 2 aromatic carbocycles. The predicted molar refractivity (Wildman–Crippen MR) is 115 cm³/mol. The van der Waals surface area contributed by atoms with Crippen LogP contribution in [0.4, 0.5) is 5.95 Å². The molecule has 0 aliphatic heterocycles. The summed E-state index contributed by atoms with van der Waals surface area (Å²) in [5.74, 6) is 1.03. The molecule has 0 radical (unpaired) electrons. The number of nitrogens with one attached hydrogen (secondary N) is 1. The van der Waals surface area contributed by atoms with E-state index in [1.54, 1.807) is 49.8 Å². The molecular formula is C22H18ClN5O2. The number of anilines is 1. The van der Waals surface area contributed by atoms with Crippen molar-refractivity contribution in [1.29, 1.82) is 0 Å². The second-order valence-electron chi connectivity index (χ2n) is 6.36. The lowest BCUT2D eigenvalue weighted by molar-refractivity contribution is 0.0947. The summed E-state index contributed by atoms with van der Waals surface area (Å²) >= 11 is 6.23. The number of aromatic nitrogens is 4. The van der Waals surface area contributed by atoms with Crippen molar-refractivity contribution in [3.63, 3.8) is 0 Å². The van der Waals surface area contributed by atoms with Gasteiger partial charge in [-0.15, -0.1) is 5.10 Å². The standard InChI is InChI=1S/C22H18ClN5O2/c1-30-19-11-5-2-7-15(19)14-25-22-26-20(16-8-6-12-24-13-16)27-28(22)21(29)17-9-3-4-10-18(17)23/h2-13H,14H2,1H3,(H,25,26,27). The fourth-order valence-corrected chi connectivity index (χ4v) is 3.17. The molecule has 7 nitrogen and oxygen atoms in total. The van der Waals surface area contributed by atoms with Crippen molar-refractivity contribution >= 4 is 23.5 Å². The van der Waals surface area contributed by atoms with Gasteiger partial charge in [-0.05, 0) is 30.3 Å². The lowest BCUT2D eigenvalue weighted by Crippen LogP contribution is -2.18. The zero-order chi connectivity index (χ0) is 20.9. The number of benzene rings is 2. The second kappa shape index (κ2) is 8.75. The third kappa shape index (κ3) is 4.01. The third-order valence-electron chi connectivity index (χ3n) is 4.45. The Bertz CT molecular complexity index is 1180. The van der Waals surface area contributed by atoms with Gasteiger partial charge in [0, 0.05) is 30.1 Å². The van der Waals surface area contributed by atoms with Gasteiger partial charge in [-0.2, -0.15) is 9.67 Å². The van der Waals surface area contributed by atoms with Crippen LogP contribution in [0.25, 0.3) is 11.4 Å². The van der Waals surface area contributed by atoms with Crippen molar-refractivity contribution < 1.29 is 9.53 Å². The topological polar surface area (TPSA) is 81.9 Å². The summed E-state index contributed by atoms with van der Waals surface area (Å²) in [4.78, 5) is 21.8. The van der Waals surface area contributed by atoms with Crippen molar-refractivity contribution in [3.05, 3.63) is 89.2 Å². The van der Waals surface area contributed by atoms with Gasteiger partial charge in [-0.3, -0.25) is 9.78 Å². The van der Waals surface area contributed by atoms with Gasteiger partial charge in [0.15, 0.2) is 5.82 Å². The first-order chi connectivity index (χ1) is 14.7. The van der Waals surface area contributed by atoms with Crippen LogP contribution in [0.1, 0.15) is 15.9 Å². The molecule has 1 N–H and O–H groups in total. The minimum absolute atomic E-state index is 0.296. The maximum atomic E-state index is 13.2. The van der Waals surface area contributed by atoms with E-state index >= 15 is 0 Å². The van der Waals surface area contributed by atoms with Gasteiger partial charge in [-0.25, -0.2) is 0 Å². The number of carbonyl (C=O) groups excluding carboxylic acids is 1. The summed E-state index contributed by atoms with van der Waals surface area (Å²) in [6, 6.07) is 18.1. The van der Waals surface area contributed by atoms with Crippen LogP contribution in [-0.2, 0) is 6.54 Å². The Labute approximate surface area is 178 Å². The molecule has 150 valence electrons. The van der Waals surface area contributed by atoms with Gasteiger partial charge >= 0.3 is 0 Å². The minimum atomic E-state index is -0.384. The molecule has 30 heavy (non-hydrogen) atoms. The Balaban J connectivity index is 1.71. The van der Waals surface area contributed by atoms with E-state index in [1.807, 2.05) is 30.3 Å². The van der Waals surface area contributed by atoms with Gasteiger partial charge in [0.2, 0.25) is 5.95 Å². The molecule has 0 atom stereocenters. The zero-order valence-electron chi connectivity index (χ0n) is 16.1. The highest BCUT2D eigenvalue weighted by Gasteiger charge is 2.20. The van der Waals surface area contributed by atoms with Crippen LogP contribution in [0.2, 0.25) is 5.02 Å². The molecule has 0 fully saturated rings. The smallest absolute Gasteiger partial charge is 0.282 e. The maximum Gasteiger partial charge on any atom is 0.282 e. The van der Waals surface area contributed by atoms with Gasteiger partial charge in [-0.1, -0.05) is 41.9 Å². The number of para-hydroxylation sites is 1.